The summed E-state index contributed by atoms with van der Waals surface area (Å²) in [7, 11) is 1.88. The van der Waals surface area contributed by atoms with Gasteiger partial charge in [-0.25, -0.2) is 9.37 Å². The first kappa shape index (κ1) is 10.8. The van der Waals surface area contributed by atoms with Crippen LogP contribution in [-0.2, 0) is 6.54 Å². The molecule has 4 heteroatoms. The molecular formula is C12H14FN3. The summed E-state index contributed by atoms with van der Waals surface area (Å²) in [6, 6.07) is 5.03. The summed E-state index contributed by atoms with van der Waals surface area (Å²) in [6.07, 6.45) is 1.65. The minimum absolute atomic E-state index is 0.186. The van der Waals surface area contributed by atoms with Crippen LogP contribution in [0.25, 0.3) is 11.3 Å². The van der Waals surface area contributed by atoms with E-state index in [1.54, 1.807) is 19.3 Å². The number of aryl methyl sites for hydroxylation is 1. The molecule has 0 spiro atoms. The van der Waals surface area contributed by atoms with Crippen molar-refractivity contribution >= 4 is 0 Å². The molecule has 0 fully saturated rings. The fraction of sp³-hybridized carbons (Fsp3) is 0.250. The van der Waals surface area contributed by atoms with Crippen molar-refractivity contribution in [2.24, 2.45) is 0 Å². The highest BCUT2D eigenvalue weighted by atomic mass is 19.1. The summed E-state index contributed by atoms with van der Waals surface area (Å²) in [5.41, 5.74) is 3.45. The molecule has 2 rings (SSSR count). The number of hydrogen-bond acceptors (Lipinski definition) is 2. The smallest absolute Gasteiger partial charge is 0.126 e. The molecule has 0 atom stereocenters. The highest BCUT2D eigenvalue weighted by molar-refractivity contribution is 5.62. The van der Waals surface area contributed by atoms with Gasteiger partial charge in [0.05, 0.1) is 17.7 Å². The van der Waals surface area contributed by atoms with Crippen LogP contribution in [0.3, 0.4) is 0 Å². The molecule has 1 aromatic heterocycles. The Kier molecular flexibility index (Phi) is 3.01. The zero-order chi connectivity index (χ0) is 11.5. The number of hydrogen-bond donors (Lipinski definition) is 2. The van der Waals surface area contributed by atoms with E-state index in [1.807, 2.05) is 13.1 Å². The van der Waals surface area contributed by atoms with Crippen LogP contribution in [-0.4, -0.2) is 17.0 Å². The van der Waals surface area contributed by atoms with Crippen LogP contribution in [0.4, 0.5) is 4.39 Å². The second kappa shape index (κ2) is 4.45. The lowest BCUT2D eigenvalue weighted by atomic mass is 10.1. The molecule has 0 amide bonds. The maximum absolute atomic E-state index is 13.1. The minimum Gasteiger partial charge on any atom is -0.347 e. The summed E-state index contributed by atoms with van der Waals surface area (Å²) in [4.78, 5) is 7.33. The second-order valence-electron chi connectivity index (χ2n) is 3.72. The predicted octanol–water partition coefficient (Wildman–Crippen LogP) is 2.24. The first-order valence-electron chi connectivity index (χ1n) is 5.15. The highest BCUT2D eigenvalue weighted by Crippen LogP contribution is 2.22. The fourth-order valence-corrected chi connectivity index (χ4v) is 1.67. The molecule has 2 N–H and O–H groups in total. The zero-order valence-electron chi connectivity index (χ0n) is 9.34. The Morgan fingerprint density at radius 1 is 1.44 bits per heavy atom. The monoisotopic (exact) mass is 219 g/mol. The van der Waals surface area contributed by atoms with Gasteiger partial charge in [-0.2, -0.15) is 0 Å². The topological polar surface area (TPSA) is 40.7 Å². The van der Waals surface area contributed by atoms with Gasteiger partial charge in [0.2, 0.25) is 0 Å². The Labute approximate surface area is 93.7 Å². The average Bonchev–Trinajstić information content (AvgIpc) is 2.71. The van der Waals surface area contributed by atoms with Crippen LogP contribution in [0.15, 0.2) is 24.5 Å². The fourth-order valence-electron chi connectivity index (χ4n) is 1.67. The van der Waals surface area contributed by atoms with Crippen LogP contribution in [0, 0.1) is 12.7 Å². The molecule has 2 aromatic rings. The summed E-state index contributed by atoms with van der Waals surface area (Å²) in [5.74, 6) is -0.186. The quantitative estimate of drug-likeness (QED) is 0.831. The van der Waals surface area contributed by atoms with Crippen molar-refractivity contribution in [1.29, 1.82) is 0 Å². The first-order valence-corrected chi connectivity index (χ1v) is 5.15. The van der Waals surface area contributed by atoms with Crippen molar-refractivity contribution in [2.45, 2.75) is 13.5 Å². The van der Waals surface area contributed by atoms with Crippen molar-refractivity contribution in [3.05, 3.63) is 41.6 Å². The van der Waals surface area contributed by atoms with Gasteiger partial charge in [-0.3, -0.25) is 0 Å². The molecule has 1 heterocycles. The normalized spacial score (nSPS) is 10.7. The summed E-state index contributed by atoms with van der Waals surface area (Å²) < 4.78 is 13.1. The van der Waals surface area contributed by atoms with Gasteiger partial charge in [0.25, 0.3) is 0 Å². The molecule has 3 nitrogen and oxygen atoms in total. The van der Waals surface area contributed by atoms with Gasteiger partial charge < -0.3 is 10.3 Å². The maximum Gasteiger partial charge on any atom is 0.126 e. The van der Waals surface area contributed by atoms with Gasteiger partial charge in [0.1, 0.15) is 5.82 Å². The molecule has 16 heavy (non-hydrogen) atoms. The van der Waals surface area contributed by atoms with E-state index >= 15 is 0 Å². The van der Waals surface area contributed by atoms with Crippen LogP contribution >= 0.6 is 0 Å². The van der Waals surface area contributed by atoms with E-state index in [0.29, 0.717) is 12.1 Å². The molecule has 0 saturated carbocycles. The van der Waals surface area contributed by atoms with Crippen molar-refractivity contribution in [3.8, 4) is 11.3 Å². The number of rotatable bonds is 3. The van der Waals surface area contributed by atoms with Gasteiger partial charge in [0.15, 0.2) is 0 Å². The van der Waals surface area contributed by atoms with Gasteiger partial charge in [-0.1, -0.05) is 0 Å². The number of halogens is 1. The van der Waals surface area contributed by atoms with E-state index in [0.717, 1.165) is 17.0 Å². The number of H-pyrrole nitrogens is 1. The number of benzene rings is 1. The van der Waals surface area contributed by atoms with E-state index in [9.17, 15) is 4.39 Å². The van der Waals surface area contributed by atoms with Crippen LogP contribution in [0.5, 0.6) is 0 Å². The molecule has 1 aromatic carbocycles. The lowest BCUT2D eigenvalue weighted by molar-refractivity contribution is 0.618. The largest absolute Gasteiger partial charge is 0.347 e. The Balaban J connectivity index is 2.42. The zero-order valence-corrected chi connectivity index (χ0v) is 9.34. The molecule has 0 aliphatic heterocycles. The molecule has 0 saturated heterocycles. The Morgan fingerprint density at radius 3 is 2.94 bits per heavy atom. The minimum atomic E-state index is -0.186. The molecule has 0 bridgehead atoms. The molecule has 0 aliphatic rings. The van der Waals surface area contributed by atoms with Gasteiger partial charge in [-0.15, -0.1) is 0 Å². The summed E-state index contributed by atoms with van der Waals surface area (Å²) in [5, 5.41) is 3.06. The van der Waals surface area contributed by atoms with Crippen molar-refractivity contribution < 1.29 is 4.39 Å². The Hall–Kier alpha value is -1.68. The van der Waals surface area contributed by atoms with Crippen molar-refractivity contribution in [1.82, 2.24) is 15.3 Å². The summed E-state index contributed by atoms with van der Waals surface area (Å²) >= 11 is 0. The lowest BCUT2D eigenvalue weighted by Crippen LogP contribution is -2.06. The molecule has 0 aliphatic carbocycles. The number of imidazole rings is 1. The van der Waals surface area contributed by atoms with E-state index in [1.165, 1.54) is 6.07 Å². The third kappa shape index (κ3) is 1.97. The first-order chi connectivity index (χ1) is 7.72. The molecule has 0 unspecified atom stereocenters. The number of nitrogens with zero attached hydrogens (tertiary/aromatic N) is 1. The molecule has 0 radical (unpaired) electrons. The Morgan fingerprint density at radius 2 is 2.25 bits per heavy atom. The SMILES string of the molecule is CNCc1[nH]cnc1-c1ccc(F)c(C)c1. The van der Waals surface area contributed by atoms with E-state index in [-0.39, 0.29) is 5.82 Å². The van der Waals surface area contributed by atoms with E-state index in [2.05, 4.69) is 15.3 Å². The van der Waals surface area contributed by atoms with Crippen LogP contribution in [0.2, 0.25) is 0 Å². The van der Waals surface area contributed by atoms with Gasteiger partial charge >= 0.3 is 0 Å². The number of aromatic amines is 1. The summed E-state index contributed by atoms with van der Waals surface area (Å²) in [6.45, 7) is 2.47. The van der Waals surface area contributed by atoms with E-state index < -0.39 is 0 Å². The molecular weight excluding hydrogens is 205 g/mol. The molecule has 84 valence electrons. The standard InChI is InChI=1S/C12H14FN3/c1-8-5-9(3-4-10(8)13)12-11(6-14-2)15-7-16-12/h3-5,7,14H,6H2,1-2H3,(H,15,16). The average molecular weight is 219 g/mol. The Bertz CT molecular complexity index is 491. The predicted molar refractivity (Wildman–Crippen MR) is 61.5 cm³/mol. The lowest BCUT2D eigenvalue weighted by Gasteiger charge is -2.04. The van der Waals surface area contributed by atoms with Crippen molar-refractivity contribution in [3.63, 3.8) is 0 Å². The third-order valence-electron chi connectivity index (χ3n) is 2.50. The van der Waals surface area contributed by atoms with Gasteiger partial charge in [-0.05, 0) is 37.7 Å². The number of nitrogens with one attached hydrogen (secondary N) is 2. The second-order valence-corrected chi connectivity index (χ2v) is 3.72. The number of aromatic nitrogens is 2. The highest BCUT2D eigenvalue weighted by Gasteiger charge is 2.08. The van der Waals surface area contributed by atoms with Crippen molar-refractivity contribution in [2.75, 3.05) is 7.05 Å². The third-order valence-corrected chi connectivity index (χ3v) is 2.50. The van der Waals surface area contributed by atoms with Crippen LogP contribution < -0.4 is 5.32 Å². The van der Waals surface area contributed by atoms with Crippen LogP contribution in [0.1, 0.15) is 11.3 Å². The maximum atomic E-state index is 13.1. The van der Waals surface area contributed by atoms with Gasteiger partial charge in [0, 0.05) is 12.1 Å². The van der Waals surface area contributed by atoms with E-state index in [4.69, 9.17) is 0 Å².